The lowest BCUT2D eigenvalue weighted by molar-refractivity contribution is -0.129. The molecule has 1 saturated heterocycles. The molecule has 0 aromatic heterocycles. The average molecular weight is 293 g/mol. The van der Waals surface area contributed by atoms with Crippen LogP contribution in [0, 0.1) is 5.82 Å². The van der Waals surface area contributed by atoms with E-state index in [1.165, 1.54) is 12.1 Å². The molecule has 0 radical (unpaired) electrons. The number of rotatable bonds is 4. The zero-order chi connectivity index (χ0) is 15.2. The number of amides is 2. The first kappa shape index (κ1) is 15.4. The number of benzene rings is 1. The number of halogens is 1. The summed E-state index contributed by atoms with van der Waals surface area (Å²) in [7, 11) is 1.79. The van der Waals surface area contributed by atoms with Crippen molar-refractivity contribution in [3.05, 3.63) is 30.1 Å². The third-order valence-electron chi connectivity index (χ3n) is 3.58. The lowest BCUT2D eigenvalue weighted by Crippen LogP contribution is -2.32. The summed E-state index contributed by atoms with van der Waals surface area (Å²) >= 11 is 0. The van der Waals surface area contributed by atoms with Gasteiger partial charge in [0.15, 0.2) is 0 Å². The SMILES string of the molecule is CN1CCN(CCC(=O)Nc2cccc(F)c2)CCC1=O. The Labute approximate surface area is 123 Å². The molecule has 0 atom stereocenters. The van der Waals surface area contributed by atoms with Crippen LogP contribution in [0.25, 0.3) is 0 Å². The number of nitrogens with zero attached hydrogens (tertiary/aromatic N) is 2. The van der Waals surface area contributed by atoms with Crippen molar-refractivity contribution in [3.8, 4) is 0 Å². The first-order valence-electron chi connectivity index (χ1n) is 7.06. The first-order valence-corrected chi connectivity index (χ1v) is 7.06. The van der Waals surface area contributed by atoms with Crippen molar-refractivity contribution in [1.82, 2.24) is 9.80 Å². The Hall–Kier alpha value is -1.95. The van der Waals surface area contributed by atoms with Crippen molar-refractivity contribution < 1.29 is 14.0 Å². The largest absolute Gasteiger partial charge is 0.344 e. The third-order valence-corrected chi connectivity index (χ3v) is 3.58. The predicted molar refractivity (Wildman–Crippen MR) is 78.3 cm³/mol. The van der Waals surface area contributed by atoms with Gasteiger partial charge in [-0.2, -0.15) is 0 Å². The minimum absolute atomic E-state index is 0.140. The summed E-state index contributed by atoms with van der Waals surface area (Å²) in [5, 5.41) is 2.67. The summed E-state index contributed by atoms with van der Waals surface area (Å²) < 4.78 is 13.0. The van der Waals surface area contributed by atoms with Gasteiger partial charge in [0, 0.05) is 51.8 Å². The van der Waals surface area contributed by atoms with Crippen LogP contribution >= 0.6 is 0 Å². The maximum Gasteiger partial charge on any atom is 0.225 e. The predicted octanol–water partition coefficient (Wildman–Crippen LogP) is 1.32. The number of anilines is 1. The van der Waals surface area contributed by atoms with E-state index in [-0.39, 0.29) is 17.6 Å². The van der Waals surface area contributed by atoms with E-state index in [2.05, 4.69) is 10.2 Å². The van der Waals surface area contributed by atoms with Crippen LogP contribution in [0.1, 0.15) is 12.8 Å². The van der Waals surface area contributed by atoms with Crippen molar-refractivity contribution in [2.75, 3.05) is 38.5 Å². The Balaban J connectivity index is 1.77. The summed E-state index contributed by atoms with van der Waals surface area (Å²) in [6.07, 6.45) is 0.816. The van der Waals surface area contributed by atoms with Gasteiger partial charge in [0.1, 0.15) is 5.82 Å². The molecule has 2 rings (SSSR count). The van der Waals surface area contributed by atoms with Gasteiger partial charge < -0.3 is 15.1 Å². The van der Waals surface area contributed by atoms with E-state index in [0.29, 0.717) is 38.2 Å². The van der Waals surface area contributed by atoms with Gasteiger partial charge in [0.05, 0.1) is 0 Å². The average Bonchev–Trinajstić information content (AvgIpc) is 2.60. The van der Waals surface area contributed by atoms with E-state index in [0.717, 1.165) is 6.54 Å². The molecule has 21 heavy (non-hydrogen) atoms. The summed E-state index contributed by atoms with van der Waals surface area (Å²) in [6.45, 7) is 2.73. The molecular formula is C15H20FN3O2. The van der Waals surface area contributed by atoms with Crippen LogP contribution in [-0.4, -0.2) is 54.8 Å². The highest BCUT2D eigenvalue weighted by Gasteiger charge is 2.18. The molecule has 2 amide bonds. The lowest BCUT2D eigenvalue weighted by atomic mass is 10.3. The lowest BCUT2D eigenvalue weighted by Gasteiger charge is -2.19. The molecule has 0 saturated carbocycles. The summed E-state index contributed by atoms with van der Waals surface area (Å²) in [5.41, 5.74) is 0.464. The smallest absolute Gasteiger partial charge is 0.225 e. The fraction of sp³-hybridized carbons (Fsp3) is 0.467. The maximum atomic E-state index is 13.0. The second-order valence-corrected chi connectivity index (χ2v) is 5.22. The molecule has 0 aliphatic carbocycles. The van der Waals surface area contributed by atoms with Crippen molar-refractivity contribution in [3.63, 3.8) is 0 Å². The molecule has 1 N–H and O–H groups in total. The van der Waals surface area contributed by atoms with E-state index in [1.54, 1.807) is 24.1 Å². The highest BCUT2D eigenvalue weighted by Crippen LogP contribution is 2.10. The second kappa shape index (κ2) is 7.17. The molecule has 0 bridgehead atoms. The molecule has 1 aliphatic heterocycles. The maximum absolute atomic E-state index is 13.0. The quantitative estimate of drug-likeness (QED) is 0.911. The van der Waals surface area contributed by atoms with Gasteiger partial charge in [-0.25, -0.2) is 4.39 Å². The van der Waals surface area contributed by atoms with Crippen LogP contribution in [0.15, 0.2) is 24.3 Å². The first-order chi connectivity index (χ1) is 10.0. The van der Waals surface area contributed by atoms with Crippen LogP contribution in [-0.2, 0) is 9.59 Å². The molecule has 0 spiro atoms. The molecule has 1 heterocycles. The van der Waals surface area contributed by atoms with Gasteiger partial charge in [0.25, 0.3) is 0 Å². The van der Waals surface area contributed by atoms with Crippen molar-refractivity contribution in [1.29, 1.82) is 0 Å². The highest BCUT2D eigenvalue weighted by atomic mass is 19.1. The zero-order valence-corrected chi connectivity index (χ0v) is 12.1. The van der Waals surface area contributed by atoms with Crippen LogP contribution in [0.3, 0.4) is 0 Å². The third kappa shape index (κ3) is 4.82. The fourth-order valence-corrected chi connectivity index (χ4v) is 2.25. The number of hydrogen-bond donors (Lipinski definition) is 1. The number of hydrogen-bond acceptors (Lipinski definition) is 3. The van der Waals surface area contributed by atoms with Crippen molar-refractivity contribution in [2.24, 2.45) is 0 Å². The number of carbonyl (C=O) groups excluding carboxylic acids is 2. The Kier molecular flexibility index (Phi) is 5.27. The van der Waals surface area contributed by atoms with Crippen LogP contribution in [0.5, 0.6) is 0 Å². The zero-order valence-electron chi connectivity index (χ0n) is 12.1. The van der Waals surface area contributed by atoms with E-state index >= 15 is 0 Å². The molecule has 1 aliphatic rings. The molecule has 1 aromatic rings. The van der Waals surface area contributed by atoms with Gasteiger partial charge in [-0.15, -0.1) is 0 Å². The summed E-state index contributed by atoms with van der Waals surface area (Å²) in [4.78, 5) is 27.2. The second-order valence-electron chi connectivity index (χ2n) is 5.22. The molecular weight excluding hydrogens is 273 g/mol. The van der Waals surface area contributed by atoms with Gasteiger partial charge in [-0.05, 0) is 18.2 Å². The minimum atomic E-state index is -0.373. The fourth-order valence-electron chi connectivity index (χ4n) is 2.25. The van der Waals surface area contributed by atoms with Gasteiger partial charge in [-0.1, -0.05) is 6.07 Å². The van der Waals surface area contributed by atoms with Gasteiger partial charge in [-0.3, -0.25) is 9.59 Å². The molecule has 6 heteroatoms. The highest BCUT2D eigenvalue weighted by molar-refractivity contribution is 5.90. The molecule has 5 nitrogen and oxygen atoms in total. The van der Waals surface area contributed by atoms with Crippen LogP contribution in [0.4, 0.5) is 10.1 Å². The van der Waals surface area contributed by atoms with E-state index in [4.69, 9.17) is 0 Å². The van der Waals surface area contributed by atoms with Crippen molar-refractivity contribution >= 4 is 17.5 Å². The topological polar surface area (TPSA) is 52.6 Å². The minimum Gasteiger partial charge on any atom is -0.344 e. The Bertz CT molecular complexity index is 521. The molecule has 114 valence electrons. The van der Waals surface area contributed by atoms with Gasteiger partial charge >= 0.3 is 0 Å². The summed E-state index contributed by atoms with van der Waals surface area (Å²) in [5.74, 6) is -0.381. The Morgan fingerprint density at radius 3 is 2.90 bits per heavy atom. The monoisotopic (exact) mass is 293 g/mol. The van der Waals surface area contributed by atoms with Crippen molar-refractivity contribution in [2.45, 2.75) is 12.8 Å². The standard InChI is InChI=1S/C15H20FN3O2/c1-18-9-10-19(8-6-15(18)21)7-5-14(20)17-13-4-2-3-12(16)11-13/h2-4,11H,5-10H2,1H3,(H,17,20). The van der Waals surface area contributed by atoms with Crippen LogP contribution in [0.2, 0.25) is 0 Å². The number of likely N-dealkylation sites (N-methyl/N-ethyl adjacent to an activating group) is 1. The Morgan fingerprint density at radius 1 is 1.33 bits per heavy atom. The molecule has 1 fully saturated rings. The molecule has 1 aromatic carbocycles. The van der Waals surface area contributed by atoms with Gasteiger partial charge in [0.2, 0.25) is 11.8 Å². The Morgan fingerprint density at radius 2 is 2.14 bits per heavy atom. The number of carbonyl (C=O) groups is 2. The normalized spacial score (nSPS) is 16.7. The van der Waals surface area contributed by atoms with E-state index < -0.39 is 0 Å². The molecule has 0 unspecified atom stereocenters. The van der Waals surface area contributed by atoms with E-state index in [1.807, 2.05) is 0 Å². The van der Waals surface area contributed by atoms with Crippen LogP contribution < -0.4 is 5.32 Å². The number of nitrogens with one attached hydrogen (secondary N) is 1. The summed E-state index contributed by atoms with van der Waals surface area (Å²) in [6, 6.07) is 5.83. The van der Waals surface area contributed by atoms with E-state index in [9.17, 15) is 14.0 Å².